The maximum absolute atomic E-state index is 10.0. The Bertz CT molecular complexity index is 951. The van der Waals surface area contributed by atoms with Gasteiger partial charge >= 0.3 is 0 Å². The van der Waals surface area contributed by atoms with E-state index in [9.17, 15) is 5.11 Å². The molecule has 0 saturated carbocycles. The Hall–Kier alpha value is -2.74. The molecule has 2 N–H and O–H groups in total. The predicted octanol–water partition coefficient (Wildman–Crippen LogP) is 3.45. The van der Waals surface area contributed by atoms with Crippen molar-refractivity contribution in [2.24, 2.45) is 0 Å². The summed E-state index contributed by atoms with van der Waals surface area (Å²) in [5.41, 5.74) is 2.40. The van der Waals surface area contributed by atoms with Crippen molar-refractivity contribution >= 4 is 28.7 Å². The molecular formula is C20H29N7O. The smallest absolute Gasteiger partial charge is 0.227 e. The van der Waals surface area contributed by atoms with E-state index >= 15 is 0 Å². The summed E-state index contributed by atoms with van der Waals surface area (Å²) in [6.07, 6.45) is 2.03. The van der Waals surface area contributed by atoms with Gasteiger partial charge in [-0.25, -0.2) is 9.97 Å². The Morgan fingerprint density at radius 1 is 1.18 bits per heavy atom. The molecule has 150 valence electrons. The van der Waals surface area contributed by atoms with Crippen LogP contribution in [-0.4, -0.2) is 48.8 Å². The molecule has 3 aromatic rings. The number of hydrogen-bond acceptors (Lipinski definition) is 7. The highest BCUT2D eigenvalue weighted by molar-refractivity contribution is 5.87. The summed E-state index contributed by atoms with van der Waals surface area (Å²) < 4.78 is 2.02. The molecular weight excluding hydrogens is 354 g/mol. The van der Waals surface area contributed by atoms with Crippen molar-refractivity contribution in [3.05, 3.63) is 30.2 Å². The van der Waals surface area contributed by atoms with Gasteiger partial charge in [0, 0.05) is 18.8 Å². The van der Waals surface area contributed by atoms with Crippen LogP contribution in [0, 0.1) is 6.92 Å². The van der Waals surface area contributed by atoms with Crippen molar-refractivity contribution < 1.29 is 5.11 Å². The maximum atomic E-state index is 10.0. The summed E-state index contributed by atoms with van der Waals surface area (Å²) >= 11 is 0. The van der Waals surface area contributed by atoms with Crippen LogP contribution in [0.3, 0.4) is 0 Å². The number of nitrogens with zero attached hydrogens (tertiary/aromatic N) is 6. The van der Waals surface area contributed by atoms with Crippen LogP contribution in [0.15, 0.2) is 24.5 Å². The minimum Gasteiger partial charge on any atom is -0.391 e. The average Bonchev–Trinajstić information content (AvgIpc) is 3.08. The van der Waals surface area contributed by atoms with Gasteiger partial charge in [0.2, 0.25) is 5.95 Å². The van der Waals surface area contributed by atoms with Crippen molar-refractivity contribution in [2.75, 3.05) is 17.3 Å². The molecule has 0 aromatic carbocycles. The van der Waals surface area contributed by atoms with Crippen LogP contribution >= 0.6 is 0 Å². The molecule has 3 aromatic heterocycles. The predicted molar refractivity (Wildman–Crippen MR) is 112 cm³/mol. The summed E-state index contributed by atoms with van der Waals surface area (Å²) in [6, 6.07) is 5.95. The molecule has 0 unspecified atom stereocenters. The molecule has 0 fully saturated rings. The molecule has 0 spiro atoms. The lowest BCUT2D eigenvalue weighted by Crippen LogP contribution is -2.31. The van der Waals surface area contributed by atoms with Gasteiger partial charge in [0.15, 0.2) is 17.0 Å². The third kappa shape index (κ3) is 3.91. The Morgan fingerprint density at radius 3 is 2.54 bits per heavy atom. The van der Waals surface area contributed by atoms with Crippen molar-refractivity contribution in [2.45, 2.75) is 59.2 Å². The van der Waals surface area contributed by atoms with Crippen LogP contribution < -0.4 is 10.2 Å². The van der Waals surface area contributed by atoms with E-state index in [2.05, 4.69) is 29.1 Å². The van der Waals surface area contributed by atoms with Crippen LogP contribution in [0.25, 0.3) is 11.2 Å². The number of hydrogen-bond donors (Lipinski definition) is 2. The molecule has 28 heavy (non-hydrogen) atoms. The number of pyridine rings is 1. The number of aryl methyl sites for hydroxylation is 1. The lowest BCUT2D eigenvalue weighted by molar-refractivity contribution is 0.169. The van der Waals surface area contributed by atoms with Crippen molar-refractivity contribution in [1.82, 2.24) is 24.5 Å². The van der Waals surface area contributed by atoms with Gasteiger partial charge in [0.25, 0.3) is 0 Å². The topological polar surface area (TPSA) is 92.0 Å². The highest BCUT2D eigenvalue weighted by Gasteiger charge is 2.21. The van der Waals surface area contributed by atoms with Crippen LogP contribution in [-0.2, 0) is 0 Å². The van der Waals surface area contributed by atoms with Gasteiger partial charge in [-0.1, -0.05) is 13.0 Å². The van der Waals surface area contributed by atoms with Gasteiger partial charge in [-0.15, -0.1) is 0 Å². The Kier molecular flexibility index (Phi) is 5.79. The van der Waals surface area contributed by atoms with Crippen molar-refractivity contribution in [1.29, 1.82) is 0 Å². The van der Waals surface area contributed by atoms with E-state index in [1.165, 1.54) is 0 Å². The zero-order valence-corrected chi connectivity index (χ0v) is 17.4. The van der Waals surface area contributed by atoms with E-state index in [4.69, 9.17) is 9.97 Å². The number of rotatable bonds is 7. The average molecular weight is 384 g/mol. The lowest BCUT2D eigenvalue weighted by Gasteiger charge is -2.22. The number of aromatic nitrogens is 5. The fourth-order valence-electron chi connectivity index (χ4n) is 3.13. The van der Waals surface area contributed by atoms with Gasteiger partial charge in [-0.05, 0) is 46.2 Å². The van der Waals surface area contributed by atoms with E-state index in [1.807, 2.05) is 48.6 Å². The lowest BCUT2D eigenvalue weighted by atomic mass is 10.1. The Labute approximate surface area is 165 Å². The Balaban J connectivity index is 2.14. The molecule has 0 amide bonds. The van der Waals surface area contributed by atoms with Gasteiger partial charge in [0.1, 0.15) is 5.82 Å². The summed E-state index contributed by atoms with van der Waals surface area (Å²) in [5.74, 6) is 1.93. The molecule has 0 aliphatic carbocycles. The first-order valence-corrected chi connectivity index (χ1v) is 9.68. The van der Waals surface area contributed by atoms with Gasteiger partial charge in [0.05, 0.1) is 18.5 Å². The fourth-order valence-corrected chi connectivity index (χ4v) is 3.13. The zero-order chi connectivity index (χ0) is 20.4. The van der Waals surface area contributed by atoms with Crippen LogP contribution in [0.2, 0.25) is 0 Å². The summed E-state index contributed by atoms with van der Waals surface area (Å²) in [5, 5.41) is 13.3. The quantitative estimate of drug-likeness (QED) is 0.645. The molecule has 0 radical (unpaired) electrons. The third-order valence-corrected chi connectivity index (χ3v) is 4.83. The van der Waals surface area contributed by atoms with Crippen molar-refractivity contribution in [3.8, 4) is 0 Å². The SMILES string of the molecule is CC[C@H](Nc1nc(N(C)c2cccc(C)n2)c2ncn(C(C)C)c2n1)[C@@H](C)O. The molecule has 0 aliphatic heterocycles. The number of fused-ring (bicyclic) bond motifs is 1. The number of anilines is 3. The molecule has 0 bridgehead atoms. The second-order valence-corrected chi connectivity index (χ2v) is 7.38. The van der Waals surface area contributed by atoms with Crippen LogP contribution in [0.1, 0.15) is 45.9 Å². The van der Waals surface area contributed by atoms with Gasteiger partial charge in [-0.3, -0.25) is 0 Å². The van der Waals surface area contributed by atoms with E-state index < -0.39 is 6.10 Å². The van der Waals surface area contributed by atoms with E-state index in [0.29, 0.717) is 11.8 Å². The normalized spacial score (nSPS) is 13.7. The van der Waals surface area contributed by atoms with E-state index in [0.717, 1.165) is 29.1 Å². The number of imidazole rings is 1. The summed E-state index contributed by atoms with van der Waals surface area (Å²) in [4.78, 5) is 20.5. The molecule has 3 heterocycles. The minimum absolute atomic E-state index is 0.136. The second-order valence-electron chi connectivity index (χ2n) is 7.38. The van der Waals surface area contributed by atoms with Crippen molar-refractivity contribution in [3.63, 3.8) is 0 Å². The number of nitrogens with one attached hydrogen (secondary N) is 1. The Morgan fingerprint density at radius 2 is 1.93 bits per heavy atom. The zero-order valence-electron chi connectivity index (χ0n) is 17.4. The molecule has 3 rings (SSSR count). The molecule has 0 aliphatic rings. The standard InChI is InChI=1S/C20H29N7O/c1-7-15(14(5)28)23-20-24-18(26(6)16-10-8-9-13(4)22-16)17-19(25-20)27(11-21-17)12(2)3/h8-12,14-15,28H,7H2,1-6H3,(H,23,24,25)/t14-,15+/m1/s1. The maximum Gasteiger partial charge on any atom is 0.227 e. The summed E-state index contributed by atoms with van der Waals surface area (Å²) in [7, 11) is 1.92. The first kappa shape index (κ1) is 20.0. The monoisotopic (exact) mass is 383 g/mol. The fraction of sp³-hybridized carbons (Fsp3) is 0.500. The minimum atomic E-state index is -0.515. The first-order valence-electron chi connectivity index (χ1n) is 9.68. The first-order chi connectivity index (χ1) is 13.3. The third-order valence-electron chi connectivity index (χ3n) is 4.83. The summed E-state index contributed by atoms with van der Waals surface area (Å²) in [6.45, 7) is 9.92. The second kappa shape index (κ2) is 8.10. The molecule has 0 saturated heterocycles. The number of aliphatic hydroxyl groups is 1. The van der Waals surface area contributed by atoms with E-state index in [-0.39, 0.29) is 12.1 Å². The molecule has 8 heteroatoms. The largest absolute Gasteiger partial charge is 0.391 e. The van der Waals surface area contributed by atoms with Gasteiger partial charge < -0.3 is 19.9 Å². The highest BCUT2D eigenvalue weighted by atomic mass is 16.3. The van der Waals surface area contributed by atoms with Gasteiger partial charge in [-0.2, -0.15) is 9.97 Å². The molecule has 2 atom stereocenters. The number of aliphatic hydroxyl groups excluding tert-OH is 1. The molecule has 8 nitrogen and oxygen atoms in total. The highest BCUT2D eigenvalue weighted by Crippen LogP contribution is 2.29. The van der Waals surface area contributed by atoms with E-state index in [1.54, 1.807) is 13.3 Å². The van der Waals surface area contributed by atoms with Crippen LogP contribution in [0.4, 0.5) is 17.6 Å². The van der Waals surface area contributed by atoms with Crippen LogP contribution in [0.5, 0.6) is 0 Å².